The topological polar surface area (TPSA) is 177 Å². The summed E-state index contributed by atoms with van der Waals surface area (Å²) in [5.41, 5.74) is -2.10. The molecule has 352 valence electrons. The highest BCUT2D eigenvalue weighted by atomic mass is 16.5. The number of aromatic amines is 1. The van der Waals surface area contributed by atoms with Gasteiger partial charge in [-0.3, -0.25) is 19.4 Å². The smallest absolute Gasteiger partial charge is 0.328 e. The molecule has 5 N–H and O–H groups in total. The number of hydrogen-bond acceptors (Lipinski definition) is 12. The molecule has 14 nitrogen and oxygen atoms in total. The van der Waals surface area contributed by atoms with E-state index >= 15 is 9.59 Å². The number of fused-ring (bicyclic) bond motifs is 6. The zero-order chi connectivity index (χ0) is 46.4. The van der Waals surface area contributed by atoms with E-state index in [0.29, 0.717) is 94.7 Å². The lowest BCUT2D eigenvalue weighted by atomic mass is 9.47. The van der Waals surface area contributed by atoms with Crippen LogP contribution >= 0.6 is 0 Å². The number of anilines is 1. The van der Waals surface area contributed by atoms with Crippen LogP contribution in [-0.2, 0) is 41.1 Å². The lowest BCUT2D eigenvalue weighted by Gasteiger charge is -2.63. The van der Waals surface area contributed by atoms with Crippen LogP contribution in [-0.4, -0.2) is 144 Å². The molecule has 6 heterocycles. The first-order valence-corrected chi connectivity index (χ1v) is 24.0. The summed E-state index contributed by atoms with van der Waals surface area (Å²) < 4.78 is 17.9. The van der Waals surface area contributed by atoms with Crippen molar-refractivity contribution in [1.29, 1.82) is 0 Å². The first-order valence-electron chi connectivity index (χ1n) is 24.0. The normalized spacial score (nSPS) is 35.7. The van der Waals surface area contributed by atoms with Gasteiger partial charge in [-0.15, -0.1) is 0 Å². The van der Waals surface area contributed by atoms with Gasteiger partial charge in [0.2, 0.25) is 0 Å². The number of methoxy groups -OCH3 is 2. The Labute approximate surface area is 382 Å². The van der Waals surface area contributed by atoms with Gasteiger partial charge in [0, 0.05) is 84.0 Å². The van der Waals surface area contributed by atoms with Crippen molar-refractivity contribution in [2.45, 2.75) is 126 Å². The van der Waals surface area contributed by atoms with Gasteiger partial charge in [-0.1, -0.05) is 64.5 Å². The summed E-state index contributed by atoms with van der Waals surface area (Å²) >= 11 is 0. The second kappa shape index (κ2) is 16.4. The Balaban J connectivity index is 1.31. The Morgan fingerprint density at radius 1 is 1.00 bits per heavy atom. The molecule has 14 heteroatoms. The molecule has 1 aromatic heterocycles. The maximum Gasteiger partial charge on any atom is 0.328 e. The van der Waals surface area contributed by atoms with Crippen molar-refractivity contribution in [3.63, 3.8) is 0 Å². The predicted molar refractivity (Wildman–Crippen MR) is 247 cm³/mol. The van der Waals surface area contributed by atoms with Gasteiger partial charge < -0.3 is 44.7 Å². The third-order valence-corrected chi connectivity index (χ3v) is 17.2. The Morgan fingerprint density at radius 2 is 1.77 bits per heavy atom. The average molecular weight is 896 g/mol. The van der Waals surface area contributed by atoms with Crippen molar-refractivity contribution >= 4 is 34.4 Å². The van der Waals surface area contributed by atoms with E-state index in [2.05, 4.69) is 32.2 Å². The minimum atomic E-state index is -2.44. The van der Waals surface area contributed by atoms with Crippen LogP contribution in [0.1, 0.15) is 95.5 Å². The number of likely N-dealkylation sites (N-methyl/N-ethyl adjacent to an activating group) is 1. The summed E-state index contributed by atoms with van der Waals surface area (Å²) in [6.07, 6.45) is 5.98. The summed E-state index contributed by atoms with van der Waals surface area (Å²) in [4.78, 5) is 54.7. The van der Waals surface area contributed by atoms with Gasteiger partial charge in [0.25, 0.3) is 5.91 Å². The van der Waals surface area contributed by atoms with Crippen molar-refractivity contribution in [3.05, 3.63) is 70.9 Å². The lowest BCUT2D eigenvalue weighted by Crippen LogP contribution is -2.82. The lowest BCUT2D eigenvalue weighted by molar-refractivity contribution is -0.204. The van der Waals surface area contributed by atoms with E-state index < -0.39 is 63.5 Å². The quantitative estimate of drug-likeness (QED) is 0.136. The molecule has 5 aliphatic heterocycles. The highest BCUT2D eigenvalue weighted by Gasteiger charge is 2.79. The molecule has 1 saturated carbocycles. The number of benzene rings is 2. The second-order valence-electron chi connectivity index (χ2n) is 20.2. The van der Waals surface area contributed by atoms with Gasteiger partial charge >= 0.3 is 11.9 Å². The van der Waals surface area contributed by atoms with Crippen LogP contribution in [0.15, 0.2) is 48.6 Å². The highest BCUT2D eigenvalue weighted by Crippen LogP contribution is 2.67. The molecule has 1 unspecified atom stereocenters. The van der Waals surface area contributed by atoms with E-state index in [9.17, 15) is 20.1 Å². The van der Waals surface area contributed by atoms with Crippen LogP contribution in [0.5, 0.6) is 5.75 Å². The zero-order valence-corrected chi connectivity index (χ0v) is 39.4. The van der Waals surface area contributed by atoms with Crippen LogP contribution in [0.4, 0.5) is 5.69 Å². The Morgan fingerprint density at radius 3 is 2.46 bits per heavy atom. The minimum Gasteiger partial charge on any atom is -0.496 e. The van der Waals surface area contributed by atoms with E-state index in [4.69, 9.17) is 14.2 Å². The largest absolute Gasteiger partial charge is 0.496 e. The van der Waals surface area contributed by atoms with Crippen LogP contribution in [0.3, 0.4) is 0 Å². The van der Waals surface area contributed by atoms with Crippen molar-refractivity contribution < 1.29 is 43.9 Å². The predicted octanol–water partition coefficient (Wildman–Crippen LogP) is 4.34. The molecule has 0 radical (unpaired) electrons. The molecule has 6 aliphatic rings. The average Bonchev–Trinajstić information content (AvgIpc) is 3.97. The maximum absolute atomic E-state index is 15.5. The number of ether oxygens (including phenoxy) is 3. The first-order chi connectivity index (χ1) is 31.1. The number of aliphatic hydroxyl groups is 3. The number of rotatable bonds is 11. The first kappa shape index (κ1) is 45.7. The number of nitrogens with zero attached hydrogens (tertiary/aromatic N) is 3. The van der Waals surface area contributed by atoms with Gasteiger partial charge in [0.1, 0.15) is 23.3 Å². The number of piperidine rings is 1. The summed E-state index contributed by atoms with van der Waals surface area (Å²) in [6, 6.07) is 9.73. The fourth-order valence-electron chi connectivity index (χ4n) is 14.2. The second-order valence-corrected chi connectivity index (χ2v) is 20.2. The molecule has 2 bridgehead atoms. The number of carbonyl (C=O) groups is 3. The molecule has 3 fully saturated rings. The van der Waals surface area contributed by atoms with Crippen molar-refractivity contribution in [3.8, 4) is 5.75 Å². The summed E-state index contributed by atoms with van der Waals surface area (Å²) in [6.45, 7) is 12.8. The number of hydrogen-bond donors (Lipinski definition) is 5. The number of esters is 2. The van der Waals surface area contributed by atoms with Crippen molar-refractivity contribution in [2.24, 2.45) is 17.3 Å². The molecular formula is C51H69N5O9. The number of H-pyrrole nitrogens is 1. The van der Waals surface area contributed by atoms with E-state index in [0.717, 1.165) is 27.7 Å². The van der Waals surface area contributed by atoms with E-state index in [1.54, 1.807) is 14.0 Å². The number of aromatic nitrogens is 1. The standard InChI is InChI=1S/C51H69N5O9/c1-9-30(5)39(41(57)65-12-4)53-45(59)51(62)43-49(20-23-56-21-15-19-48(11-3,42(49)56)44(51)58)34-24-35(38(63-7)25-37(34)54(43)6)50(46(60)64-8)27-31-26-47(61,10-2)29-55(28-31)22-18-33-32-16-13-14-17-36(32)52-40(33)50/h13-17,19,24-25,30-31,39,42-44,52,58,61-62H,9-12,18,20-23,26-29H2,1-8H3,(H,53,59)/t30-,31-,39-,42-,43+,44+,47-,48+,49+,50-,51-/m0/s1. The van der Waals surface area contributed by atoms with Gasteiger partial charge in [-0.05, 0) is 87.1 Å². The highest BCUT2D eigenvalue weighted by molar-refractivity contribution is 5.96. The molecule has 2 aromatic carbocycles. The molecule has 2 saturated heterocycles. The number of amides is 1. The Kier molecular flexibility index (Phi) is 11.5. The molecular weight excluding hydrogens is 827 g/mol. The van der Waals surface area contributed by atoms with Gasteiger partial charge in [-0.2, -0.15) is 0 Å². The van der Waals surface area contributed by atoms with Gasteiger partial charge in [0.05, 0.1) is 32.5 Å². The maximum atomic E-state index is 15.5. The number of para-hydroxylation sites is 1. The molecule has 3 aromatic rings. The molecule has 1 aliphatic carbocycles. The molecule has 12 atom stereocenters. The van der Waals surface area contributed by atoms with Crippen LogP contribution < -0.4 is 15.0 Å². The van der Waals surface area contributed by atoms with Crippen LogP contribution in [0.25, 0.3) is 10.9 Å². The van der Waals surface area contributed by atoms with Crippen molar-refractivity contribution in [2.75, 3.05) is 65.5 Å². The number of carbonyl (C=O) groups excluding carboxylic acids is 3. The fraction of sp³-hybridized carbons (Fsp3) is 0.627. The summed E-state index contributed by atoms with van der Waals surface area (Å²) in [5, 5.41) is 42.6. The zero-order valence-electron chi connectivity index (χ0n) is 39.4. The Bertz CT molecular complexity index is 2400. The van der Waals surface area contributed by atoms with Crippen LogP contribution in [0.2, 0.25) is 0 Å². The molecule has 1 spiro atoms. The summed E-state index contributed by atoms with van der Waals surface area (Å²) in [7, 11) is 4.88. The number of aliphatic hydroxyl groups excluding tert-OH is 1. The Hall–Kier alpha value is -4.47. The fourth-order valence-corrected chi connectivity index (χ4v) is 14.2. The van der Waals surface area contributed by atoms with Gasteiger partial charge in [-0.25, -0.2) is 4.79 Å². The van der Waals surface area contributed by atoms with E-state index in [-0.39, 0.29) is 24.5 Å². The number of nitrogens with one attached hydrogen (secondary N) is 2. The third kappa shape index (κ3) is 6.32. The SMILES string of the molecule is CCOC(=O)[C@@H](NC(=O)[C@@]1(O)[C@H](O)[C@]2(CC)C=CCN3CC[C@@]4(c5cc([C@@]6(C(=O)OC)C[C@H]7CN(CCc8c6[nH]c6ccccc86)C[C@](O)(CC)C7)c(OC)cc5N(C)[C@@H]14)[C@@H]32)[C@@H](C)CC. The minimum absolute atomic E-state index is 0.119. The third-order valence-electron chi connectivity index (χ3n) is 17.2. The summed E-state index contributed by atoms with van der Waals surface area (Å²) in [5.74, 6) is -1.89. The molecule has 1 amide bonds. The molecule has 65 heavy (non-hydrogen) atoms. The van der Waals surface area contributed by atoms with Gasteiger partial charge in [0.15, 0.2) is 5.60 Å². The molecule has 9 rings (SSSR count). The monoisotopic (exact) mass is 896 g/mol. The van der Waals surface area contributed by atoms with Crippen molar-refractivity contribution in [1.82, 2.24) is 20.1 Å². The van der Waals surface area contributed by atoms with E-state index in [1.165, 1.54) is 7.11 Å². The van der Waals surface area contributed by atoms with Crippen LogP contribution in [0, 0.1) is 17.3 Å². The van der Waals surface area contributed by atoms with E-state index in [1.807, 2.05) is 76.1 Å².